The third-order valence-electron chi connectivity index (χ3n) is 7.76. The van der Waals surface area contributed by atoms with Gasteiger partial charge in [-0.15, -0.1) is 0 Å². The topological polar surface area (TPSA) is 9.23 Å². The predicted octanol–water partition coefficient (Wildman–Crippen LogP) is 8.80. The molecule has 1 aromatic carbocycles. The van der Waals surface area contributed by atoms with Gasteiger partial charge in [0.2, 0.25) is 0 Å². The second-order valence-electron chi connectivity index (χ2n) is 9.90. The molecule has 3 rings (SSSR count). The molecule has 0 spiro atoms. The molecule has 30 heavy (non-hydrogen) atoms. The Morgan fingerprint density at radius 3 is 1.93 bits per heavy atom. The standard InChI is InChI=1S/C27H42F2O/c1-3-5-6-7-17-30-27-25(28)18-24(19-26(27)29)23-15-13-22(14-16-23)21-11-9-20(8-4-2)10-12-21/h18-23H,3-17H2,1-2H3. The SMILES string of the molecule is CCCCCCOc1c(F)cc(C2CCC(C3CCC(CCC)CC3)CC2)cc1F. The Morgan fingerprint density at radius 2 is 1.37 bits per heavy atom. The summed E-state index contributed by atoms with van der Waals surface area (Å²) in [5, 5.41) is 0. The van der Waals surface area contributed by atoms with Crippen molar-refractivity contribution in [3.8, 4) is 5.75 Å². The fourth-order valence-corrected chi connectivity index (χ4v) is 5.94. The predicted molar refractivity (Wildman–Crippen MR) is 121 cm³/mol. The van der Waals surface area contributed by atoms with Crippen LogP contribution in [0.1, 0.15) is 115 Å². The van der Waals surface area contributed by atoms with Crippen LogP contribution in [-0.2, 0) is 0 Å². The molecule has 0 radical (unpaired) electrons. The summed E-state index contributed by atoms with van der Waals surface area (Å²) < 4.78 is 34.5. The van der Waals surface area contributed by atoms with Crippen LogP contribution in [0.15, 0.2) is 12.1 Å². The van der Waals surface area contributed by atoms with E-state index in [9.17, 15) is 8.78 Å². The second kappa shape index (κ2) is 12.1. The van der Waals surface area contributed by atoms with Crippen LogP contribution >= 0.6 is 0 Å². The molecule has 2 saturated carbocycles. The number of hydrogen-bond donors (Lipinski definition) is 0. The number of rotatable bonds is 10. The Hall–Kier alpha value is -1.12. The first-order valence-corrected chi connectivity index (χ1v) is 12.7. The summed E-state index contributed by atoms with van der Waals surface area (Å²) in [7, 11) is 0. The molecule has 2 aliphatic rings. The molecule has 1 nitrogen and oxygen atoms in total. The van der Waals surface area contributed by atoms with Gasteiger partial charge in [-0.05, 0) is 86.3 Å². The fourth-order valence-electron chi connectivity index (χ4n) is 5.94. The number of hydrogen-bond acceptors (Lipinski definition) is 1. The van der Waals surface area contributed by atoms with E-state index < -0.39 is 11.6 Å². The first kappa shape index (κ1) is 23.5. The highest BCUT2D eigenvalue weighted by Crippen LogP contribution is 2.45. The minimum absolute atomic E-state index is 0.187. The summed E-state index contributed by atoms with van der Waals surface area (Å²) in [6, 6.07) is 3.07. The summed E-state index contributed by atoms with van der Waals surface area (Å²) in [6.45, 7) is 4.83. The van der Waals surface area contributed by atoms with Crippen molar-refractivity contribution < 1.29 is 13.5 Å². The zero-order chi connectivity index (χ0) is 21.3. The highest BCUT2D eigenvalue weighted by molar-refractivity contribution is 5.33. The summed E-state index contributed by atoms with van der Waals surface area (Å²) in [6.07, 6.45) is 17.1. The summed E-state index contributed by atoms with van der Waals surface area (Å²) in [4.78, 5) is 0. The normalized spacial score (nSPS) is 27.2. The molecule has 2 fully saturated rings. The van der Waals surface area contributed by atoms with Crippen molar-refractivity contribution in [3.05, 3.63) is 29.3 Å². The lowest BCUT2D eigenvalue weighted by molar-refractivity contribution is 0.156. The van der Waals surface area contributed by atoms with Crippen molar-refractivity contribution in [1.82, 2.24) is 0 Å². The smallest absolute Gasteiger partial charge is 0.190 e. The molecule has 0 atom stereocenters. The Kier molecular flexibility index (Phi) is 9.46. The van der Waals surface area contributed by atoms with E-state index in [1.165, 1.54) is 63.5 Å². The first-order chi connectivity index (χ1) is 14.6. The third-order valence-corrected chi connectivity index (χ3v) is 7.76. The Balaban J connectivity index is 1.48. The number of ether oxygens (including phenoxy) is 1. The highest BCUT2D eigenvalue weighted by atomic mass is 19.1. The lowest BCUT2D eigenvalue weighted by Gasteiger charge is -2.38. The number of benzene rings is 1. The van der Waals surface area contributed by atoms with E-state index in [1.54, 1.807) is 0 Å². The van der Waals surface area contributed by atoms with Crippen LogP contribution in [0.4, 0.5) is 8.78 Å². The minimum atomic E-state index is -0.531. The maximum absolute atomic E-state index is 14.5. The first-order valence-electron chi connectivity index (χ1n) is 12.7. The highest BCUT2D eigenvalue weighted by Gasteiger charge is 2.31. The van der Waals surface area contributed by atoms with E-state index in [4.69, 9.17) is 4.74 Å². The maximum atomic E-state index is 14.5. The molecule has 0 saturated heterocycles. The quantitative estimate of drug-likeness (QED) is 0.344. The molecule has 0 bridgehead atoms. The van der Waals surface area contributed by atoms with Crippen molar-refractivity contribution >= 4 is 0 Å². The van der Waals surface area contributed by atoms with Crippen molar-refractivity contribution in [2.75, 3.05) is 6.61 Å². The van der Waals surface area contributed by atoms with E-state index in [1.807, 2.05) is 0 Å². The zero-order valence-electron chi connectivity index (χ0n) is 19.2. The van der Waals surface area contributed by atoms with E-state index in [0.717, 1.165) is 61.8 Å². The van der Waals surface area contributed by atoms with Crippen molar-refractivity contribution in [2.45, 2.75) is 110 Å². The maximum Gasteiger partial charge on any atom is 0.190 e. The van der Waals surface area contributed by atoms with E-state index in [0.29, 0.717) is 12.5 Å². The van der Waals surface area contributed by atoms with Crippen molar-refractivity contribution in [3.63, 3.8) is 0 Å². The molecule has 0 amide bonds. The minimum Gasteiger partial charge on any atom is -0.488 e. The van der Waals surface area contributed by atoms with Crippen LogP contribution in [0.2, 0.25) is 0 Å². The van der Waals surface area contributed by atoms with Gasteiger partial charge in [0.25, 0.3) is 0 Å². The van der Waals surface area contributed by atoms with Gasteiger partial charge in [0.05, 0.1) is 6.61 Å². The van der Waals surface area contributed by atoms with Gasteiger partial charge in [-0.2, -0.15) is 0 Å². The van der Waals surface area contributed by atoms with Gasteiger partial charge in [0.15, 0.2) is 17.4 Å². The average Bonchev–Trinajstić information content (AvgIpc) is 2.76. The summed E-state index contributed by atoms with van der Waals surface area (Å²) in [5.74, 6) is 1.71. The monoisotopic (exact) mass is 420 g/mol. The molecular weight excluding hydrogens is 378 g/mol. The Morgan fingerprint density at radius 1 is 0.767 bits per heavy atom. The van der Waals surface area contributed by atoms with Crippen LogP contribution < -0.4 is 4.74 Å². The third kappa shape index (κ3) is 6.44. The van der Waals surface area contributed by atoms with Crippen LogP contribution in [0.25, 0.3) is 0 Å². The van der Waals surface area contributed by atoms with Gasteiger partial charge in [0.1, 0.15) is 0 Å². The van der Waals surface area contributed by atoms with Gasteiger partial charge >= 0.3 is 0 Å². The van der Waals surface area contributed by atoms with Crippen LogP contribution in [0.5, 0.6) is 5.75 Å². The van der Waals surface area contributed by atoms with Gasteiger partial charge < -0.3 is 4.74 Å². The fraction of sp³-hybridized carbons (Fsp3) is 0.778. The van der Waals surface area contributed by atoms with Crippen molar-refractivity contribution in [2.24, 2.45) is 17.8 Å². The zero-order valence-corrected chi connectivity index (χ0v) is 19.2. The molecular formula is C27H42F2O. The Bertz CT molecular complexity index is 605. The molecule has 0 N–H and O–H groups in total. The van der Waals surface area contributed by atoms with E-state index in [-0.39, 0.29) is 5.75 Å². The average molecular weight is 421 g/mol. The van der Waals surface area contributed by atoms with Crippen LogP contribution in [0, 0.1) is 29.4 Å². The van der Waals surface area contributed by atoms with Gasteiger partial charge in [0, 0.05) is 0 Å². The molecule has 1 aromatic rings. The van der Waals surface area contributed by atoms with E-state index in [2.05, 4.69) is 13.8 Å². The number of halogens is 2. The lowest BCUT2D eigenvalue weighted by atomic mass is 9.68. The molecule has 0 aromatic heterocycles. The number of unbranched alkanes of at least 4 members (excludes halogenated alkanes) is 3. The molecule has 3 heteroatoms. The molecule has 0 heterocycles. The largest absolute Gasteiger partial charge is 0.488 e. The molecule has 0 unspecified atom stereocenters. The molecule has 170 valence electrons. The lowest BCUT2D eigenvalue weighted by Crippen LogP contribution is -2.25. The van der Waals surface area contributed by atoms with E-state index >= 15 is 0 Å². The summed E-state index contributed by atoms with van der Waals surface area (Å²) in [5.41, 5.74) is 0.827. The van der Waals surface area contributed by atoms with Crippen molar-refractivity contribution in [1.29, 1.82) is 0 Å². The van der Waals surface area contributed by atoms with Gasteiger partial charge in [-0.3, -0.25) is 0 Å². The van der Waals surface area contributed by atoms with Crippen LogP contribution in [-0.4, -0.2) is 6.61 Å². The Labute approximate surface area is 183 Å². The van der Waals surface area contributed by atoms with Gasteiger partial charge in [-0.25, -0.2) is 8.78 Å². The molecule has 0 aliphatic heterocycles. The van der Waals surface area contributed by atoms with Gasteiger partial charge in [-0.1, -0.05) is 58.8 Å². The second-order valence-corrected chi connectivity index (χ2v) is 9.90. The molecule has 2 aliphatic carbocycles. The summed E-state index contributed by atoms with van der Waals surface area (Å²) >= 11 is 0. The van der Waals surface area contributed by atoms with Crippen LogP contribution in [0.3, 0.4) is 0 Å².